The van der Waals surface area contributed by atoms with Gasteiger partial charge in [-0.15, -0.1) is 0 Å². The smallest absolute Gasteiger partial charge is 0.161 e. The highest BCUT2D eigenvalue weighted by Crippen LogP contribution is 2.12. The van der Waals surface area contributed by atoms with E-state index in [0.717, 1.165) is 0 Å². The van der Waals surface area contributed by atoms with Gasteiger partial charge in [-0.2, -0.15) is 0 Å². The third-order valence-corrected chi connectivity index (χ3v) is 0.957. The highest BCUT2D eigenvalue weighted by atomic mass is 31.2. The first-order valence-electron chi connectivity index (χ1n) is 3.76. The van der Waals surface area contributed by atoms with Gasteiger partial charge in [0.1, 0.15) is 0 Å². The molecule has 2 nitrogen and oxygen atoms in total. The Morgan fingerprint density at radius 2 is 1.20 bits per heavy atom. The molecule has 0 heterocycles. The summed E-state index contributed by atoms with van der Waals surface area (Å²) in [5.74, 6) is 0. The first kappa shape index (κ1) is 13.0. The first-order chi connectivity index (χ1) is 4.65. The Balaban J connectivity index is 0. The van der Waals surface area contributed by atoms with Crippen molar-refractivity contribution in [3.05, 3.63) is 0 Å². The minimum absolute atomic E-state index is 1.34. The van der Waals surface area contributed by atoms with Crippen LogP contribution in [-0.2, 0) is 0 Å². The molecule has 0 saturated heterocycles. The maximum absolute atomic E-state index is 7.68. The predicted molar refractivity (Wildman–Crippen MR) is 47.1 cm³/mol. The Hall–Kier alpha value is 0.350. The zero-order valence-corrected chi connectivity index (χ0v) is 8.06. The number of hydrogen-bond donors (Lipinski definition) is 2. The summed E-state index contributed by atoms with van der Waals surface area (Å²) in [5.41, 5.74) is 0. The zero-order chi connectivity index (χ0) is 8.41. The van der Waals surface area contributed by atoms with E-state index in [2.05, 4.69) is 13.8 Å². The van der Waals surface area contributed by atoms with Gasteiger partial charge in [-0.25, -0.2) is 0 Å². The number of rotatable bonds is 3. The fraction of sp³-hybridized carbons (Fsp3) is 1.00. The number of hydrogen-bond acceptors (Lipinski definition) is 2. The van der Waals surface area contributed by atoms with E-state index in [4.69, 9.17) is 9.79 Å². The molecule has 2 N–H and O–H groups in total. The minimum Gasteiger partial charge on any atom is -0.350 e. The van der Waals surface area contributed by atoms with Crippen LogP contribution in [0, 0.1) is 0 Å². The van der Waals surface area contributed by atoms with E-state index in [-0.39, 0.29) is 0 Å². The summed E-state index contributed by atoms with van der Waals surface area (Å²) in [6.07, 6.45) is 5.54. The maximum Gasteiger partial charge on any atom is 0.161 e. The molecule has 0 aromatic carbocycles. The highest BCUT2D eigenvalue weighted by molar-refractivity contribution is 7.44. The molecule has 10 heavy (non-hydrogen) atoms. The van der Waals surface area contributed by atoms with E-state index in [0.29, 0.717) is 0 Å². The molecule has 0 fully saturated rings. The Kier molecular flexibility index (Phi) is 15.7. The van der Waals surface area contributed by atoms with Gasteiger partial charge in [0.2, 0.25) is 0 Å². The molecule has 0 aromatic heterocycles. The number of unbranched alkanes of at least 4 members (excludes halogenated alkanes) is 3. The van der Waals surface area contributed by atoms with Gasteiger partial charge < -0.3 is 9.79 Å². The molecular formula is C7H19O2P. The van der Waals surface area contributed by atoms with Crippen molar-refractivity contribution >= 4 is 8.38 Å². The third-order valence-electron chi connectivity index (χ3n) is 0.957. The largest absolute Gasteiger partial charge is 0.350 e. The van der Waals surface area contributed by atoms with Crippen molar-refractivity contribution in [1.29, 1.82) is 0 Å². The molecule has 0 aliphatic heterocycles. The molecule has 0 aliphatic rings. The molecule has 0 radical (unpaired) electrons. The fourth-order valence-corrected chi connectivity index (χ4v) is 0.500. The van der Waals surface area contributed by atoms with Gasteiger partial charge in [0.05, 0.1) is 0 Å². The molecule has 0 bridgehead atoms. The maximum atomic E-state index is 7.68. The quantitative estimate of drug-likeness (QED) is 0.499. The van der Waals surface area contributed by atoms with Gasteiger partial charge >= 0.3 is 0 Å². The van der Waals surface area contributed by atoms with Crippen molar-refractivity contribution in [2.24, 2.45) is 0 Å². The summed E-state index contributed by atoms with van der Waals surface area (Å²) in [7, 11) is -1.62. The van der Waals surface area contributed by atoms with E-state index in [1.807, 2.05) is 0 Å². The van der Waals surface area contributed by atoms with Crippen LogP contribution in [0.5, 0.6) is 0 Å². The zero-order valence-electron chi connectivity index (χ0n) is 7.17. The Bertz CT molecular complexity index is 42.1. The van der Waals surface area contributed by atoms with Crippen molar-refractivity contribution in [2.75, 3.05) is 6.66 Å². The van der Waals surface area contributed by atoms with Crippen LogP contribution in [-0.4, -0.2) is 16.5 Å². The van der Waals surface area contributed by atoms with Crippen molar-refractivity contribution in [1.82, 2.24) is 0 Å². The Morgan fingerprint density at radius 3 is 1.30 bits per heavy atom. The van der Waals surface area contributed by atoms with Gasteiger partial charge in [-0.05, 0) is 0 Å². The van der Waals surface area contributed by atoms with E-state index in [9.17, 15) is 0 Å². The van der Waals surface area contributed by atoms with Gasteiger partial charge in [0, 0.05) is 6.66 Å². The monoisotopic (exact) mass is 166 g/mol. The minimum atomic E-state index is -1.62. The van der Waals surface area contributed by atoms with E-state index >= 15 is 0 Å². The second kappa shape index (κ2) is 12.1. The lowest BCUT2D eigenvalue weighted by Gasteiger charge is -1.86. The molecule has 0 spiro atoms. The standard InChI is InChI=1S/C6H14.CH5O2P/c1-3-5-6-4-2;1-4(2)3/h3-6H2,1-2H3;2-3H,1H3. The summed E-state index contributed by atoms with van der Waals surface area (Å²) >= 11 is 0. The molecule has 0 atom stereocenters. The van der Waals surface area contributed by atoms with Gasteiger partial charge in [0.15, 0.2) is 8.38 Å². The lowest BCUT2D eigenvalue weighted by molar-refractivity contribution is 0.491. The van der Waals surface area contributed by atoms with Crippen LogP contribution in [0.25, 0.3) is 0 Å². The SMILES string of the molecule is CCCCCC.CP(O)O. The normalized spacial score (nSPS) is 9.00. The topological polar surface area (TPSA) is 40.5 Å². The molecule has 0 amide bonds. The van der Waals surface area contributed by atoms with Crippen LogP contribution >= 0.6 is 8.38 Å². The van der Waals surface area contributed by atoms with Crippen LogP contribution < -0.4 is 0 Å². The van der Waals surface area contributed by atoms with Crippen LogP contribution in [0.1, 0.15) is 39.5 Å². The van der Waals surface area contributed by atoms with E-state index < -0.39 is 8.38 Å². The fourth-order valence-electron chi connectivity index (χ4n) is 0.500. The summed E-state index contributed by atoms with van der Waals surface area (Å²) < 4.78 is 0. The molecular weight excluding hydrogens is 147 g/mol. The molecule has 0 unspecified atom stereocenters. The third kappa shape index (κ3) is 40.2. The van der Waals surface area contributed by atoms with Crippen molar-refractivity contribution in [2.45, 2.75) is 39.5 Å². The molecule has 0 rings (SSSR count). The van der Waals surface area contributed by atoms with Gasteiger partial charge in [0.25, 0.3) is 0 Å². The van der Waals surface area contributed by atoms with Crippen molar-refractivity contribution in [3.63, 3.8) is 0 Å². The molecule has 0 saturated carbocycles. The van der Waals surface area contributed by atoms with Crippen molar-refractivity contribution < 1.29 is 9.79 Å². The van der Waals surface area contributed by atoms with Gasteiger partial charge in [-0.1, -0.05) is 39.5 Å². The predicted octanol–water partition coefficient (Wildman–Crippen LogP) is 2.50. The molecule has 0 aromatic rings. The highest BCUT2D eigenvalue weighted by Gasteiger charge is 1.75. The summed E-state index contributed by atoms with van der Waals surface area (Å²) in [4.78, 5) is 15.4. The summed E-state index contributed by atoms with van der Waals surface area (Å²) in [6.45, 7) is 5.81. The lowest BCUT2D eigenvalue weighted by Crippen LogP contribution is -1.66. The van der Waals surface area contributed by atoms with Crippen LogP contribution in [0.15, 0.2) is 0 Å². The van der Waals surface area contributed by atoms with Gasteiger partial charge in [-0.3, -0.25) is 0 Å². The Morgan fingerprint density at radius 1 is 1.00 bits per heavy atom. The average molecular weight is 166 g/mol. The summed E-state index contributed by atoms with van der Waals surface area (Å²) in [5, 5.41) is 0. The second-order valence-electron chi connectivity index (χ2n) is 2.20. The molecule has 0 aliphatic carbocycles. The second-order valence-corrected chi connectivity index (χ2v) is 3.18. The molecule has 64 valence electrons. The van der Waals surface area contributed by atoms with Crippen molar-refractivity contribution in [3.8, 4) is 0 Å². The van der Waals surface area contributed by atoms with E-state index in [1.54, 1.807) is 0 Å². The molecule has 3 heteroatoms. The Labute approximate surface area is 65.2 Å². The first-order valence-corrected chi connectivity index (χ1v) is 5.46. The van der Waals surface area contributed by atoms with Crippen LogP contribution in [0.3, 0.4) is 0 Å². The van der Waals surface area contributed by atoms with Crippen LogP contribution in [0.4, 0.5) is 0 Å². The lowest BCUT2D eigenvalue weighted by atomic mass is 10.2. The average Bonchev–Trinajstić information content (AvgIpc) is 1.82. The van der Waals surface area contributed by atoms with E-state index in [1.165, 1.54) is 32.3 Å². The van der Waals surface area contributed by atoms with Crippen LogP contribution in [0.2, 0.25) is 0 Å². The summed E-state index contributed by atoms with van der Waals surface area (Å²) in [6, 6.07) is 0.